The molecule has 2 N–H and O–H groups in total. The summed E-state index contributed by atoms with van der Waals surface area (Å²) in [5.41, 5.74) is 7.29. The van der Waals surface area contributed by atoms with Gasteiger partial charge in [0.05, 0.1) is 33.1 Å². The van der Waals surface area contributed by atoms with Crippen LogP contribution in [0.5, 0.6) is 11.5 Å². The van der Waals surface area contributed by atoms with Crippen LogP contribution in [0.2, 0.25) is 0 Å². The van der Waals surface area contributed by atoms with Crippen molar-refractivity contribution in [2.75, 3.05) is 32.3 Å². The van der Waals surface area contributed by atoms with E-state index in [1.807, 2.05) is 32.9 Å². The lowest BCUT2D eigenvalue weighted by Crippen LogP contribution is -2.31. The predicted molar refractivity (Wildman–Crippen MR) is 160 cm³/mol. The first-order chi connectivity index (χ1) is 19.9. The lowest BCUT2D eigenvalue weighted by molar-refractivity contribution is -0.157. The molecule has 0 bridgehead atoms. The SMILES string of the molecule is COC(=O)CCCC(=O)N(Cc1cc(OCCC(C)(C)OC(=O)CCCN)ccc1C(C)=O)c1cc(OC)ccc1C. The van der Waals surface area contributed by atoms with Gasteiger partial charge in [0.15, 0.2) is 5.78 Å². The summed E-state index contributed by atoms with van der Waals surface area (Å²) < 4.78 is 21.7. The Morgan fingerprint density at radius 3 is 2.24 bits per heavy atom. The standard InChI is InChI=1S/C32H44N2O8/c1-22-12-13-25(39-5)20-28(22)34(29(36)9-7-10-30(37)40-6)21-24-19-26(14-15-27(24)23(2)35)41-18-16-32(3,4)42-31(38)11-8-17-33/h12-15,19-20H,7-11,16-18,21,33H2,1-6H3. The molecule has 0 atom stereocenters. The lowest BCUT2D eigenvalue weighted by atomic mass is 10.0. The van der Waals surface area contributed by atoms with E-state index in [0.29, 0.717) is 54.1 Å². The molecule has 10 heteroatoms. The summed E-state index contributed by atoms with van der Waals surface area (Å²) in [6.45, 7) is 7.79. The van der Waals surface area contributed by atoms with Crippen LogP contribution in [0, 0.1) is 6.92 Å². The number of benzene rings is 2. The fraction of sp³-hybridized carbons (Fsp3) is 0.500. The first-order valence-corrected chi connectivity index (χ1v) is 14.1. The Kier molecular flexibility index (Phi) is 13.5. The first-order valence-electron chi connectivity index (χ1n) is 14.1. The number of hydrogen-bond donors (Lipinski definition) is 1. The van der Waals surface area contributed by atoms with Crippen molar-refractivity contribution in [2.45, 2.75) is 78.4 Å². The van der Waals surface area contributed by atoms with Crippen LogP contribution in [-0.4, -0.2) is 56.6 Å². The average molecular weight is 585 g/mol. The number of esters is 2. The topological polar surface area (TPSA) is 134 Å². The van der Waals surface area contributed by atoms with Crippen LogP contribution in [0.15, 0.2) is 36.4 Å². The molecule has 230 valence electrons. The molecule has 0 saturated heterocycles. The fourth-order valence-corrected chi connectivity index (χ4v) is 4.31. The van der Waals surface area contributed by atoms with Gasteiger partial charge in [-0.15, -0.1) is 0 Å². The molecule has 2 rings (SSSR count). The van der Waals surface area contributed by atoms with Gasteiger partial charge in [0.25, 0.3) is 0 Å². The van der Waals surface area contributed by atoms with Crippen molar-refractivity contribution in [3.63, 3.8) is 0 Å². The van der Waals surface area contributed by atoms with E-state index in [-0.39, 0.29) is 56.0 Å². The summed E-state index contributed by atoms with van der Waals surface area (Å²) in [4.78, 5) is 51.4. The van der Waals surface area contributed by atoms with Gasteiger partial charge in [0, 0.05) is 37.3 Å². The highest BCUT2D eigenvalue weighted by molar-refractivity contribution is 5.98. The van der Waals surface area contributed by atoms with Crippen LogP contribution in [0.3, 0.4) is 0 Å². The van der Waals surface area contributed by atoms with E-state index < -0.39 is 5.60 Å². The number of aryl methyl sites for hydroxylation is 1. The molecule has 0 aromatic heterocycles. The van der Waals surface area contributed by atoms with E-state index in [1.165, 1.54) is 14.0 Å². The Morgan fingerprint density at radius 2 is 1.60 bits per heavy atom. The summed E-state index contributed by atoms with van der Waals surface area (Å²) in [7, 11) is 2.86. The third-order valence-corrected chi connectivity index (χ3v) is 6.74. The molecule has 0 heterocycles. The molecule has 0 fully saturated rings. The monoisotopic (exact) mass is 584 g/mol. The van der Waals surface area contributed by atoms with Gasteiger partial charge >= 0.3 is 11.9 Å². The molecular formula is C32H44N2O8. The van der Waals surface area contributed by atoms with Crippen molar-refractivity contribution < 1.29 is 38.1 Å². The summed E-state index contributed by atoms with van der Waals surface area (Å²) in [6.07, 6.45) is 1.82. The van der Waals surface area contributed by atoms with E-state index in [4.69, 9.17) is 24.7 Å². The number of carbonyl (C=O) groups excluding carboxylic acids is 4. The minimum atomic E-state index is -0.731. The molecule has 0 aliphatic rings. The minimum Gasteiger partial charge on any atom is -0.497 e. The number of anilines is 1. The maximum Gasteiger partial charge on any atom is 0.306 e. The lowest BCUT2D eigenvalue weighted by Gasteiger charge is -2.27. The third-order valence-electron chi connectivity index (χ3n) is 6.74. The maximum atomic E-state index is 13.5. The van der Waals surface area contributed by atoms with E-state index in [0.717, 1.165) is 5.56 Å². The molecule has 0 aliphatic heterocycles. The molecule has 0 spiro atoms. The first kappa shape index (κ1) is 34.3. The van der Waals surface area contributed by atoms with Crippen molar-refractivity contribution in [3.8, 4) is 11.5 Å². The number of rotatable bonds is 17. The zero-order valence-corrected chi connectivity index (χ0v) is 25.6. The van der Waals surface area contributed by atoms with Crippen LogP contribution in [-0.2, 0) is 30.4 Å². The van der Waals surface area contributed by atoms with E-state index in [9.17, 15) is 19.2 Å². The highest BCUT2D eigenvalue weighted by Gasteiger charge is 2.24. The normalized spacial score (nSPS) is 11.0. The van der Waals surface area contributed by atoms with E-state index in [2.05, 4.69) is 0 Å². The van der Waals surface area contributed by atoms with Crippen molar-refractivity contribution in [3.05, 3.63) is 53.1 Å². The third kappa shape index (κ3) is 10.8. The summed E-state index contributed by atoms with van der Waals surface area (Å²) in [5.74, 6) is 0.0440. The Labute approximate surface area is 248 Å². The molecule has 0 radical (unpaired) electrons. The highest BCUT2D eigenvalue weighted by atomic mass is 16.6. The van der Waals surface area contributed by atoms with Crippen LogP contribution < -0.4 is 20.1 Å². The summed E-state index contributed by atoms with van der Waals surface area (Å²) >= 11 is 0. The van der Waals surface area contributed by atoms with Crippen molar-refractivity contribution in [1.29, 1.82) is 0 Å². The molecule has 42 heavy (non-hydrogen) atoms. The maximum absolute atomic E-state index is 13.5. The van der Waals surface area contributed by atoms with Crippen LogP contribution in [0.1, 0.15) is 80.8 Å². The minimum absolute atomic E-state index is 0.0986. The van der Waals surface area contributed by atoms with Gasteiger partial charge in [0.2, 0.25) is 5.91 Å². The number of nitrogens with zero attached hydrogens (tertiary/aromatic N) is 1. The molecule has 2 aromatic carbocycles. The number of carbonyl (C=O) groups is 4. The zero-order chi connectivity index (χ0) is 31.3. The van der Waals surface area contributed by atoms with Crippen LogP contribution in [0.25, 0.3) is 0 Å². The van der Waals surface area contributed by atoms with Gasteiger partial charge in [-0.2, -0.15) is 0 Å². The second kappa shape index (κ2) is 16.5. The van der Waals surface area contributed by atoms with Crippen LogP contribution >= 0.6 is 0 Å². The largest absolute Gasteiger partial charge is 0.497 e. The number of ether oxygens (including phenoxy) is 4. The van der Waals surface area contributed by atoms with Gasteiger partial charge in [-0.3, -0.25) is 19.2 Å². The number of Topliss-reactive ketones (excluding diaryl/α,β-unsaturated/α-hetero) is 1. The predicted octanol–water partition coefficient (Wildman–Crippen LogP) is 4.91. The quantitative estimate of drug-likeness (QED) is 0.203. The summed E-state index contributed by atoms with van der Waals surface area (Å²) in [6, 6.07) is 10.6. The number of hydrogen-bond acceptors (Lipinski definition) is 9. The number of ketones is 1. The van der Waals surface area contributed by atoms with E-state index >= 15 is 0 Å². The second-order valence-corrected chi connectivity index (χ2v) is 10.7. The van der Waals surface area contributed by atoms with Crippen molar-refractivity contribution in [1.82, 2.24) is 0 Å². The highest BCUT2D eigenvalue weighted by Crippen LogP contribution is 2.30. The molecule has 0 aliphatic carbocycles. The molecular weight excluding hydrogens is 540 g/mol. The average Bonchev–Trinajstić information content (AvgIpc) is 2.94. The Balaban J connectivity index is 2.30. The Hall–Kier alpha value is -3.92. The molecule has 0 unspecified atom stereocenters. The van der Waals surface area contributed by atoms with Crippen molar-refractivity contribution in [2.24, 2.45) is 5.73 Å². The van der Waals surface area contributed by atoms with Gasteiger partial charge < -0.3 is 29.6 Å². The number of nitrogens with two attached hydrogens (primary N) is 1. The van der Waals surface area contributed by atoms with Gasteiger partial charge in [-0.1, -0.05) is 6.07 Å². The second-order valence-electron chi connectivity index (χ2n) is 10.7. The van der Waals surface area contributed by atoms with Crippen molar-refractivity contribution >= 4 is 29.3 Å². The molecule has 0 saturated carbocycles. The zero-order valence-electron chi connectivity index (χ0n) is 25.6. The van der Waals surface area contributed by atoms with Gasteiger partial charge in [0.1, 0.15) is 17.1 Å². The Morgan fingerprint density at radius 1 is 0.905 bits per heavy atom. The smallest absolute Gasteiger partial charge is 0.306 e. The number of methoxy groups -OCH3 is 2. The molecule has 10 nitrogen and oxygen atoms in total. The molecule has 1 amide bonds. The Bertz CT molecular complexity index is 1240. The molecule has 2 aromatic rings. The number of amides is 1. The fourth-order valence-electron chi connectivity index (χ4n) is 4.31. The van der Waals surface area contributed by atoms with Crippen LogP contribution in [0.4, 0.5) is 5.69 Å². The van der Waals surface area contributed by atoms with Gasteiger partial charge in [-0.25, -0.2) is 0 Å². The van der Waals surface area contributed by atoms with E-state index in [1.54, 1.807) is 36.3 Å². The van der Waals surface area contributed by atoms with Gasteiger partial charge in [-0.05, 0) is 82.5 Å². The summed E-state index contributed by atoms with van der Waals surface area (Å²) in [5, 5.41) is 0.